The van der Waals surface area contributed by atoms with Gasteiger partial charge in [0, 0.05) is 17.8 Å². The molecule has 0 saturated carbocycles. The molecule has 1 aromatic carbocycles. The van der Waals surface area contributed by atoms with Crippen molar-refractivity contribution in [3.05, 3.63) is 66.0 Å². The van der Waals surface area contributed by atoms with Crippen LogP contribution in [0.4, 0.5) is 0 Å². The smallest absolute Gasteiger partial charge is 0.215 e. The molecule has 2 aromatic heterocycles. The fraction of sp³-hybridized carbons (Fsp3) is 0.235. The Morgan fingerprint density at radius 1 is 1.13 bits per heavy atom. The largest absolute Gasteiger partial charge is 0.357 e. The molecule has 3 rings (SSSR count). The molecule has 0 aliphatic carbocycles. The lowest BCUT2D eigenvalue weighted by Gasteiger charge is -2.32. The summed E-state index contributed by atoms with van der Waals surface area (Å²) >= 11 is 0. The van der Waals surface area contributed by atoms with Gasteiger partial charge in [-0.15, -0.1) is 0 Å². The van der Waals surface area contributed by atoms with Crippen LogP contribution >= 0.6 is 0 Å². The van der Waals surface area contributed by atoms with Gasteiger partial charge in [-0.1, -0.05) is 30.3 Å². The molecule has 0 aliphatic rings. The van der Waals surface area contributed by atoms with Gasteiger partial charge in [0.05, 0.1) is 15.8 Å². The Hall–Kier alpha value is -2.18. The van der Waals surface area contributed by atoms with Crippen molar-refractivity contribution in [2.24, 2.45) is 5.14 Å². The van der Waals surface area contributed by atoms with E-state index < -0.39 is 20.7 Å². The first-order valence-electron chi connectivity index (χ1n) is 7.31. The lowest BCUT2D eigenvalue weighted by molar-refractivity contribution is 0.514. The summed E-state index contributed by atoms with van der Waals surface area (Å²) in [5, 5.41) is 5.53. The summed E-state index contributed by atoms with van der Waals surface area (Å²) in [6.07, 6.45) is 1.71. The van der Waals surface area contributed by atoms with Crippen molar-refractivity contribution in [3.63, 3.8) is 0 Å². The van der Waals surface area contributed by atoms with Crippen molar-refractivity contribution in [3.8, 4) is 0 Å². The monoisotopic (exact) mass is 329 g/mol. The molecule has 0 amide bonds. The van der Waals surface area contributed by atoms with Crippen LogP contribution in [0.1, 0.15) is 31.0 Å². The number of rotatable bonds is 4. The van der Waals surface area contributed by atoms with E-state index in [-0.39, 0.29) is 0 Å². The highest BCUT2D eigenvalue weighted by molar-refractivity contribution is 7.90. The van der Waals surface area contributed by atoms with Crippen molar-refractivity contribution in [2.75, 3.05) is 0 Å². The number of primary sulfonamides is 1. The maximum atomic E-state index is 12.2. The van der Waals surface area contributed by atoms with E-state index in [0.29, 0.717) is 0 Å². The number of nitrogens with two attached hydrogens (primary N) is 1. The number of pyridine rings is 1. The van der Waals surface area contributed by atoms with Gasteiger partial charge in [0.25, 0.3) is 0 Å². The molecule has 0 spiro atoms. The van der Waals surface area contributed by atoms with Crippen LogP contribution < -0.4 is 5.14 Å². The number of aromatic nitrogens is 2. The lowest BCUT2D eigenvalue weighted by atomic mass is 9.85. The Morgan fingerprint density at radius 3 is 2.43 bits per heavy atom. The van der Waals surface area contributed by atoms with E-state index in [4.69, 9.17) is 5.14 Å². The van der Waals surface area contributed by atoms with Crippen LogP contribution in [0.15, 0.2) is 54.7 Å². The van der Waals surface area contributed by atoms with Crippen LogP contribution in [-0.4, -0.2) is 23.1 Å². The predicted molar refractivity (Wildman–Crippen MR) is 91.6 cm³/mol. The minimum Gasteiger partial charge on any atom is -0.357 e. The summed E-state index contributed by atoms with van der Waals surface area (Å²) < 4.78 is 23.2. The van der Waals surface area contributed by atoms with Crippen molar-refractivity contribution < 1.29 is 8.42 Å². The number of hydrogen-bond donors (Lipinski definition) is 2. The van der Waals surface area contributed by atoms with Gasteiger partial charge in [-0.25, -0.2) is 13.6 Å². The molecule has 1 atom stereocenters. The van der Waals surface area contributed by atoms with E-state index in [2.05, 4.69) is 9.97 Å². The zero-order chi connectivity index (χ0) is 16.7. The van der Waals surface area contributed by atoms with Gasteiger partial charge in [-0.3, -0.25) is 4.98 Å². The molecular weight excluding hydrogens is 310 g/mol. The molecule has 6 heteroatoms. The van der Waals surface area contributed by atoms with Crippen LogP contribution in [-0.2, 0) is 10.0 Å². The average Bonchev–Trinajstić information content (AvgIpc) is 2.90. The maximum Gasteiger partial charge on any atom is 0.215 e. The number of nitrogens with zero attached hydrogens (tertiary/aromatic N) is 1. The number of hydrogen-bond acceptors (Lipinski definition) is 3. The third kappa shape index (κ3) is 2.75. The number of nitrogens with one attached hydrogen (secondary N) is 1. The minimum absolute atomic E-state index is 0.423. The third-order valence-corrected chi connectivity index (χ3v) is 5.98. The van der Waals surface area contributed by atoms with Crippen molar-refractivity contribution in [1.82, 2.24) is 9.97 Å². The molecule has 0 bridgehead atoms. The van der Waals surface area contributed by atoms with Gasteiger partial charge in [0.15, 0.2) is 0 Å². The fourth-order valence-electron chi connectivity index (χ4n) is 2.90. The highest BCUT2D eigenvalue weighted by Gasteiger charge is 2.42. The summed E-state index contributed by atoms with van der Waals surface area (Å²) in [5.74, 6) is -0.423. The van der Waals surface area contributed by atoms with E-state index in [0.717, 1.165) is 22.3 Å². The van der Waals surface area contributed by atoms with Crippen LogP contribution in [0.25, 0.3) is 11.0 Å². The van der Waals surface area contributed by atoms with Crippen LogP contribution in [0, 0.1) is 0 Å². The van der Waals surface area contributed by atoms with Gasteiger partial charge in [0.2, 0.25) is 10.0 Å². The third-order valence-electron chi connectivity index (χ3n) is 4.28. The van der Waals surface area contributed by atoms with Crippen LogP contribution in [0.2, 0.25) is 0 Å². The first-order valence-corrected chi connectivity index (χ1v) is 8.86. The standard InChI is InChI=1S/C17H19N3O2S/c1-17(2,23(18,21)22)16(12-7-4-3-5-8-12)15-11-14-13(20-15)9-6-10-19-14/h3-11,16,20H,1-2H3,(H2,18,21,22). The highest BCUT2D eigenvalue weighted by atomic mass is 32.2. The van der Waals surface area contributed by atoms with Crippen molar-refractivity contribution in [2.45, 2.75) is 24.5 Å². The first kappa shape index (κ1) is 15.7. The highest BCUT2D eigenvalue weighted by Crippen LogP contribution is 2.39. The Balaban J connectivity index is 2.24. The first-order chi connectivity index (χ1) is 10.8. The Kier molecular flexibility index (Phi) is 3.74. The molecule has 0 radical (unpaired) electrons. The average molecular weight is 329 g/mol. The second kappa shape index (κ2) is 5.47. The van der Waals surface area contributed by atoms with E-state index in [9.17, 15) is 8.42 Å². The number of benzene rings is 1. The van der Waals surface area contributed by atoms with Gasteiger partial charge >= 0.3 is 0 Å². The van der Waals surface area contributed by atoms with E-state index in [1.807, 2.05) is 48.5 Å². The Bertz CT molecular complexity index is 898. The molecule has 5 nitrogen and oxygen atoms in total. The maximum absolute atomic E-state index is 12.2. The summed E-state index contributed by atoms with van der Waals surface area (Å²) in [6, 6.07) is 15.2. The zero-order valence-electron chi connectivity index (χ0n) is 13.0. The molecule has 0 saturated heterocycles. The second-order valence-electron chi connectivity index (χ2n) is 6.15. The number of fused-ring (bicyclic) bond motifs is 1. The summed E-state index contributed by atoms with van der Waals surface area (Å²) in [4.78, 5) is 7.60. The Morgan fingerprint density at radius 2 is 1.83 bits per heavy atom. The number of aromatic amines is 1. The molecule has 0 aliphatic heterocycles. The molecular formula is C17H19N3O2S. The minimum atomic E-state index is -3.78. The zero-order valence-corrected chi connectivity index (χ0v) is 13.8. The van der Waals surface area contributed by atoms with Gasteiger partial charge in [-0.05, 0) is 37.6 Å². The molecule has 3 aromatic rings. The predicted octanol–water partition coefficient (Wildman–Crippen LogP) is 2.76. The molecule has 2 heterocycles. The van der Waals surface area contributed by atoms with E-state index >= 15 is 0 Å². The SMILES string of the molecule is CC(C)(C(c1ccccc1)c1cc2ncccc2[nH]1)S(N)(=O)=O. The molecule has 1 unspecified atom stereocenters. The molecule has 23 heavy (non-hydrogen) atoms. The molecule has 120 valence electrons. The summed E-state index contributed by atoms with van der Waals surface area (Å²) in [5.41, 5.74) is 3.34. The lowest BCUT2D eigenvalue weighted by Crippen LogP contribution is -2.43. The summed E-state index contributed by atoms with van der Waals surface area (Å²) in [6.45, 7) is 3.30. The van der Waals surface area contributed by atoms with Crippen molar-refractivity contribution in [1.29, 1.82) is 0 Å². The van der Waals surface area contributed by atoms with Crippen LogP contribution in [0.3, 0.4) is 0 Å². The van der Waals surface area contributed by atoms with E-state index in [1.54, 1.807) is 20.0 Å². The normalized spacial score (nSPS) is 14.0. The molecule has 3 N–H and O–H groups in total. The van der Waals surface area contributed by atoms with Gasteiger partial charge in [-0.2, -0.15) is 0 Å². The van der Waals surface area contributed by atoms with E-state index in [1.165, 1.54) is 0 Å². The fourth-order valence-corrected chi connectivity index (χ4v) is 3.49. The van der Waals surface area contributed by atoms with Crippen LogP contribution in [0.5, 0.6) is 0 Å². The number of sulfonamides is 1. The topological polar surface area (TPSA) is 88.8 Å². The summed E-state index contributed by atoms with van der Waals surface area (Å²) in [7, 11) is -3.78. The van der Waals surface area contributed by atoms with Gasteiger partial charge < -0.3 is 4.98 Å². The van der Waals surface area contributed by atoms with Gasteiger partial charge in [0.1, 0.15) is 0 Å². The second-order valence-corrected chi connectivity index (χ2v) is 8.30. The van der Waals surface area contributed by atoms with Crippen molar-refractivity contribution >= 4 is 21.1 Å². The number of H-pyrrole nitrogens is 1. The molecule has 0 fully saturated rings. The quantitative estimate of drug-likeness (QED) is 0.771. The Labute approximate surface area is 135 Å².